The van der Waals surface area contributed by atoms with Crippen molar-refractivity contribution in [3.05, 3.63) is 29.3 Å². The minimum Gasteiger partial charge on any atom is -0.455 e. The topological polar surface area (TPSA) is 102 Å². The molecular formula is C19H28N2O5S. The van der Waals surface area contributed by atoms with Crippen molar-refractivity contribution in [2.24, 2.45) is 5.92 Å². The van der Waals surface area contributed by atoms with Gasteiger partial charge in [-0.2, -0.15) is 4.72 Å². The van der Waals surface area contributed by atoms with E-state index in [2.05, 4.69) is 17.0 Å². The van der Waals surface area contributed by atoms with Crippen LogP contribution in [0.15, 0.2) is 23.1 Å². The molecule has 2 N–H and O–H groups in total. The first kappa shape index (κ1) is 21.4. The number of benzene rings is 1. The van der Waals surface area contributed by atoms with Crippen molar-refractivity contribution in [1.29, 1.82) is 0 Å². The average Bonchev–Trinajstić information content (AvgIpc) is 2.62. The van der Waals surface area contributed by atoms with Crippen molar-refractivity contribution in [2.45, 2.75) is 57.4 Å². The van der Waals surface area contributed by atoms with E-state index in [4.69, 9.17) is 4.74 Å². The summed E-state index contributed by atoms with van der Waals surface area (Å²) in [6, 6.07) is 4.85. The van der Waals surface area contributed by atoms with Crippen LogP contribution in [0.1, 0.15) is 43.7 Å². The van der Waals surface area contributed by atoms with E-state index >= 15 is 0 Å². The Kier molecular flexibility index (Phi) is 7.38. The fourth-order valence-corrected chi connectivity index (χ4v) is 4.04. The zero-order valence-electron chi connectivity index (χ0n) is 16.1. The summed E-state index contributed by atoms with van der Waals surface area (Å²) in [5.41, 5.74) is 1.82. The number of carbonyl (C=O) groups excluding carboxylic acids is 2. The molecular weight excluding hydrogens is 368 g/mol. The lowest BCUT2D eigenvalue weighted by molar-refractivity contribution is -0.147. The quantitative estimate of drug-likeness (QED) is 0.685. The highest BCUT2D eigenvalue weighted by atomic mass is 32.2. The van der Waals surface area contributed by atoms with Crippen LogP contribution in [0.5, 0.6) is 0 Å². The third-order valence-corrected chi connectivity index (χ3v) is 6.34. The van der Waals surface area contributed by atoms with E-state index in [1.54, 1.807) is 12.1 Å². The molecule has 0 spiro atoms. The van der Waals surface area contributed by atoms with Crippen LogP contribution >= 0.6 is 0 Å². The standard InChI is InChI=1S/C19H28N2O5S/c1-13-4-7-16(8-5-13)21-18(22)12-26-19(23)11-20-27(24,25)17-9-6-14(2)15(3)10-17/h6,9-10,13,16,20H,4-5,7-8,11-12H2,1-3H3,(H,21,22). The minimum atomic E-state index is -3.81. The van der Waals surface area contributed by atoms with Crippen LogP contribution in [0, 0.1) is 19.8 Å². The molecule has 0 bridgehead atoms. The normalized spacial score (nSPS) is 20.1. The smallest absolute Gasteiger partial charge is 0.321 e. The number of aryl methyl sites for hydroxylation is 2. The summed E-state index contributed by atoms with van der Waals surface area (Å²) in [6.45, 7) is 4.96. The first-order chi connectivity index (χ1) is 12.7. The second kappa shape index (κ2) is 9.32. The first-order valence-corrected chi connectivity index (χ1v) is 10.7. The molecule has 0 unspecified atom stereocenters. The predicted octanol–water partition coefficient (Wildman–Crippen LogP) is 1.82. The highest BCUT2D eigenvalue weighted by molar-refractivity contribution is 7.89. The van der Waals surface area contributed by atoms with E-state index in [9.17, 15) is 18.0 Å². The van der Waals surface area contributed by atoms with Gasteiger partial charge in [-0.15, -0.1) is 0 Å². The van der Waals surface area contributed by atoms with Gasteiger partial charge >= 0.3 is 5.97 Å². The number of hydrogen-bond acceptors (Lipinski definition) is 5. The number of carbonyl (C=O) groups is 2. The zero-order valence-corrected chi connectivity index (χ0v) is 16.9. The molecule has 1 aromatic carbocycles. The van der Waals surface area contributed by atoms with Gasteiger partial charge in [-0.25, -0.2) is 8.42 Å². The van der Waals surface area contributed by atoms with E-state index in [0.29, 0.717) is 5.92 Å². The molecule has 8 heteroatoms. The van der Waals surface area contributed by atoms with Gasteiger partial charge in [0.05, 0.1) is 4.90 Å². The van der Waals surface area contributed by atoms with Crippen molar-refractivity contribution in [1.82, 2.24) is 10.0 Å². The first-order valence-electron chi connectivity index (χ1n) is 9.19. The second-order valence-electron chi connectivity index (χ2n) is 7.26. The predicted molar refractivity (Wildman–Crippen MR) is 102 cm³/mol. The van der Waals surface area contributed by atoms with Crippen LogP contribution in [0.2, 0.25) is 0 Å². The number of rotatable bonds is 7. The molecule has 0 aromatic heterocycles. The van der Waals surface area contributed by atoms with Gasteiger partial charge < -0.3 is 10.1 Å². The van der Waals surface area contributed by atoms with Crippen molar-refractivity contribution in [2.75, 3.05) is 13.2 Å². The van der Waals surface area contributed by atoms with E-state index in [0.717, 1.165) is 36.8 Å². The SMILES string of the molecule is Cc1ccc(S(=O)(=O)NCC(=O)OCC(=O)NC2CCC(C)CC2)cc1C. The fraction of sp³-hybridized carbons (Fsp3) is 0.579. The number of amides is 1. The van der Waals surface area contributed by atoms with Gasteiger partial charge in [0, 0.05) is 6.04 Å². The summed E-state index contributed by atoms with van der Waals surface area (Å²) in [4.78, 5) is 23.7. The Hall–Kier alpha value is -1.93. The van der Waals surface area contributed by atoms with Gasteiger partial charge in [-0.1, -0.05) is 13.0 Å². The molecule has 1 amide bonds. The Morgan fingerprint density at radius 3 is 2.41 bits per heavy atom. The monoisotopic (exact) mass is 396 g/mol. The van der Waals surface area contributed by atoms with Gasteiger partial charge in [-0.3, -0.25) is 9.59 Å². The Morgan fingerprint density at radius 2 is 1.78 bits per heavy atom. The molecule has 0 radical (unpaired) electrons. The van der Waals surface area contributed by atoms with Crippen molar-refractivity contribution >= 4 is 21.9 Å². The van der Waals surface area contributed by atoms with Gasteiger partial charge in [0.25, 0.3) is 5.91 Å². The highest BCUT2D eigenvalue weighted by Gasteiger charge is 2.21. The number of sulfonamides is 1. The van der Waals surface area contributed by atoms with Crippen molar-refractivity contribution in [3.63, 3.8) is 0 Å². The summed E-state index contributed by atoms with van der Waals surface area (Å²) >= 11 is 0. The van der Waals surface area contributed by atoms with E-state index in [1.807, 2.05) is 13.8 Å². The molecule has 1 saturated carbocycles. The maximum atomic E-state index is 12.2. The molecule has 1 aliphatic rings. The van der Waals surface area contributed by atoms with Crippen LogP contribution < -0.4 is 10.0 Å². The number of esters is 1. The molecule has 0 saturated heterocycles. The molecule has 1 aliphatic carbocycles. The summed E-state index contributed by atoms with van der Waals surface area (Å²) in [5.74, 6) is -0.476. The largest absolute Gasteiger partial charge is 0.455 e. The van der Waals surface area contributed by atoms with E-state index in [1.165, 1.54) is 6.07 Å². The Bertz CT molecular complexity index is 783. The third kappa shape index (κ3) is 6.62. The zero-order chi connectivity index (χ0) is 20.0. The Balaban J connectivity index is 1.75. The third-order valence-electron chi connectivity index (χ3n) is 4.94. The van der Waals surface area contributed by atoms with Gasteiger partial charge in [0.15, 0.2) is 6.61 Å². The molecule has 1 aromatic rings. The Morgan fingerprint density at radius 1 is 1.11 bits per heavy atom. The maximum Gasteiger partial charge on any atom is 0.321 e. The van der Waals surface area contributed by atoms with Crippen molar-refractivity contribution < 1.29 is 22.7 Å². The number of nitrogens with one attached hydrogen (secondary N) is 2. The van der Waals surface area contributed by atoms with Crippen LogP contribution in [0.25, 0.3) is 0 Å². The lowest BCUT2D eigenvalue weighted by Crippen LogP contribution is -2.40. The summed E-state index contributed by atoms with van der Waals surface area (Å²) in [5, 5.41) is 2.85. The fourth-order valence-electron chi connectivity index (χ4n) is 2.99. The maximum absolute atomic E-state index is 12.2. The lowest BCUT2D eigenvalue weighted by Gasteiger charge is -2.26. The van der Waals surface area contributed by atoms with Gasteiger partial charge in [0.2, 0.25) is 10.0 Å². The molecule has 0 atom stereocenters. The molecule has 0 aliphatic heterocycles. The lowest BCUT2D eigenvalue weighted by atomic mass is 9.87. The van der Waals surface area contributed by atoms with Gasteiger partial charge in [-0.05, 0) is 68.7 Å². The van der Waals surface area contributed by atoms with Crippen LogP contribution in [-0.4, -0.2) is 39.5 Å². The van der Waals surface area contributed by atoms with Gasteiger partial charge in [0.1, 0.15) is 6.54 Å². The van der Waals surface area contributed by atoms with Crippen LogP contribution in [0.3, 0.4) is 0 Å². The Labute approximate surface area is 160 Å². The number of ether oxygens (including phenoxy) is 1. The van der Waals surface area contributed by atoms with Crippen molar-refractivity contribution in [3.8, 4) is 0 Å². The summed E-state index contributed by atoms with van der Waals surface area (Å²) in [7, 11) is -3.81. The molecule has 150 valence electrons. The molecule has 2 rings (SSSR count). The molecule has 27 heavy (non-hydrogen) atoms. The number of hydrogen-bond donors (Lipinski definition) is 2. The molecule has 7 nitrogen and oxygen atoms in total. The minimum absolute atomic E-state index is 0.0858. The second-order valence-corrected chi connectivity index (χ2v) is 9.02. The van der Waals surface area contributed by atoms with Crippen LogP contribution in [-0.2, 0) is 24.3 Å². The highest BCUT2D eigenvalue weighted by Crippen LogP contribution is 2.23. The summed E-state index contributed by atoms with van der Waals surface area (Å²) in [6.07, 6.45) is 4.00. The van der Waals surface area contributed by atoms with E-state index < -0.39 is 29.1 Å². The molecule has 0 heterocycles. The average molecular weight is 397 g/mol. The van der Waals surface area contributed by atoms with E-state index in [-0.39, 0.29) is 16.8 Å². The molecule has 1 fully saturated rings. The summed E-state index contributed by atoms with van der Waals surface area (Å²) < 4.78 is 31.5. The van der Waals surface area contributed by atoms with Crippen LogP contribution in [0.4, 0.5) is 0 Å².